The molecule has 2 saturated carbocycles. The summed E-state index contributed by atoms with van der Waals surface area (Å²) in [6.07, 6.45) is 7.18. The molecule has 21 heavy (non-hydrogen) atoms. The van der Waals surface area contributed by atoms with Gasteiger partial charge in [-0.25, -0.2) is 4.79 Å². The van der Waals surface area contributed by atoms with Crippen LogP contribution in [-0.2, 0) is 9.53 Å². The summed E-state index contributed by atoms with van der Waals surface area (Å²) in [6, 6.07) is 0.533. The molecule has 0 bridgehead atoms. The van der Waals surface area contributed by atoms with Gasteiger partial charge in [-0.2, -0.15) is 0 Å². The number of nitrogens with zero attached hydrogens (tertiary/aromatic N) is 1. The summed E-state index contributed by atoms with van der Waals surface area (Å²) in [5.41, 5.74) is 0.00528. The third-order valence-corrected chi connectivity index (χ3v) is 5.55. The molecule has 3 aliphatic rings. The average Bonchev–Trinajstić information content (AvgIpc) is 3.31. The van der Waals surface area contributed by atoms with Gasteiger partial charge >= 0.3 is 5.97 Å². The van der Waals surface area contributed by atoms with Gasteiger partial charge in [0.2, 0.25) is 0 Å². The van der Waals surface area contributed by atoms with Gasteiger partial charge in [0.15, 0.2) is 0 Å². The quantitative estimate of drug-likeness (QED) is 0.763. The number of piperidine rings is 1. The van der Waals surface area contributed by atoms with Gasteiger partial charge in [-0.05, 0) is 62.9 Å². The summed E-state index contributed by atoms with van der Waals surface area (Å²) >= 11 is 0. The minimum atomic E-state index is -0.447. The minimum Gasteiger partial charge on any atom is -0.468 e. The lowest BCUT2D eigenvalue weighted by Gasteiger charge is -2.42. The lowest BCUT2D eigenvalue weighted by molar-refractivity contribution is -0.151. The normalized spacial score (nSPS) is 28.9. The molecule has 0 amide bonds. The lowest BCUT2D eigenvalue weighted by Crippen LogP contribution is -2.62. The number of likely N-dealkylation sites (tertiary alicyclic amines) is 1. The van der Waals surface area contributed by atoms with Gasteiger partial charge in [0.25, 0.3) is 0 Å². The number of esters is 1. The highest BCUT2D eigenvalue weighted by molar-refractivity contribution is 5.82. The molecule has 0 aromatic rings. The van der Waals surface area contributed by atoms with Crippen LogP contribution in [-0.4, -0.2) is 49.2 Å². The van der Waals surface area contributed by atoms with E-state index >= 15 is 0 Å². The molecule has 0 aromatic heterocycles. The van der Waals surface area contributed by atoms with Gasteiger partial charge < -0.3 is 9.64 Å². The molecule has 0 spiro atoms. The summed E-state index contributed by atoms with van der Waals surface area (Å²) in [5.74, 6) is 0.433. The van der Waals surface area contributed by atoms with Crippen molar-refractivity contribution in [1.29, 1.82) is 0 Å². The molecule has 0 aromatic carbocycles. The summed E-state index contributed by atoms with van der Waals surface area (Å²) in [4.78, 5) is 15.1. The van der Waals surface area contributed by atoms with Crippen molar-refractivity contribution in [3.63, 3.8) is 0 Å². The van der Waals surface area contributed by atoms with E-state index in [1.807, 2.05) is 0 Å². The molecule has 1 saturated heterocycles. The summed E-state index contributed by atoms with van der Waals surface area (Å²) in [5, 5.41) is 3.67. The second kappa shape index (κ2) is 5.54. The van der Waals surface area contributed by atoms with E-state index in [1.165, 1.54) is 32.8 Å². The van der Waals surface area contributed by atoms with Crippen LogP contribution in [0.4, 0.5) is 0 Å². The Bertz CT molecular complexity index is 392. The molecule has 3 rings (SSSR count). The van der Waals surface area contributed by atoms with E-state index in [4.69, 9.17) is 4.74 Å². The number of methoxy groups -OCH3 is 1. The summed E-state index contributed by atoms with van der Waals surface area (Å²) in [6.45, 7) is 7.73. The second-order valence-electron chi connectivity index (χ2n) is 8.10. The minimum absolute atomic E-state index is 0.0401. The number of hydrogen-bond acceptors (Lipinski definition) is 4. The van der Waals surface area contributed by atoms with Gasteiger partial charge in [0, 0.05) is 12.6 Å². The maximum atomic E-state index is 12.6. The van der Waals surface area contributed by atoms with E-state index in [9.17, 15) is 4.79 Å². The van der Waals surface area contributed by atoms with Crippen LogP contribution in [0.2, 0.25) is 0 Å². The molecule has 1 unspecified atom stereocenters. The fourth-order valence-corrected chi connectivity index (χ4v) is 3.60. The van der Waals surface area contributed by atoms with Crippen molar-refractivity contribution >= 4 is 5.97 Å². The van der Waals surface area contributed by atoms with Gasteiger partial charge in [-0.3, -0.25) is 5.32 Å². The molecule has 1 atom stereocenters. The smallest absolute Gasteiger partial charge is 0.327 e. The molecule has 4 nitrogen and oxygen atoms in total. The molecule has 1 N–H and O–H groups in total. The van der Waals surface area contributed by atoms with Crippen molar-refractivity contribution in [2.45, 2.75) is 64.0 Å². The molecular weight excluding hydrogens is 264 g/mol. The molecule has 1 heterocycles. The van der Waals surface area contributed by atoms with Crippen LogP contribution in [0.25, 0.3) is 0 Å². The number of hydrogen-bond donors (Lipinski definition) is 1. The first-order valence-electron chi connectivity index (χ1n) is 8.54. The molecule has 1 aliphatic heterocycles. The first-order valence-corrected chi connectivity index (χ1v) is 8.54. The maximum absolute atomic E-state index is 12.6. The Labute approximate surface area is 128 Å². The van der Waals surface area contributed by atoms with Crippen molar-refractivity contribution in [3.05, 3.63) is 0 Å². The standard InChI is InChI=1S/C17H30N2O2/c1-16(2)8-10-19(11-9-16)12-17(13-4-5-13,15(20)21-3)18-14-6-7-14/h13-14,18H,4-12H2,1-3H3. The Hall–Kier alpha value is -0.610. The van der Waals surface area contributed by atoms with Gasteiger partial charge in [-0.1, -0.05) is 13.8 Å². The van der Waals surface area contributed by atoms with Crippen LogP contribution < -0.4 is 5.32 Å². The average molecular weight is 294 g/mol. The number of ether oxygens (including phenoxy) is 1. The highest BCUT2D eigenvalue weighted by atomic mass is 16.5. The number of rotatable bonds is 6. The topological polar surface area (TPSA) is 41.6 Å². The Morgan fingerprint density at radius 1 is 1.24 bits per heavy atom. The number of carbonyl (C=O) groups excluding carboxylic acids is 1. The van der Waals surface area contributed by atoms with E-state index in [0.29, 0.717) is 17.4 Å². The predicted octanol–water partition coefficient (Wildman–Crippen LogP) is 2.18. The van der Waals surface area contributed by atoms with E-state index in [1.54, 1.807) is 0 Å². The maximum Gasteiger partial charge on any atom is 0.327 e. The van der Waals surface area contributed by atoms with Gasteiger partial charge in [0.1, 0.15) is 5.54 Å². The summed E-state index contributed by atoms with van der Waals surface area (Å²) < 4.78 is 5.20. The summed E-state index contributed by atoms with van der Waals surface area (Å²) in [7, 11) is 1.54. The van der Waals surface area contributed by atoms with E-state index in [0.717, 1.165) is 32.5 Å². The van der Waals surface area contributed by atoms with Crippen molar-refractivity contribution < 1.29 is 9.53 Å². The molecule has 4 heteroatoms. The van der Waals surface area contributed by atoms with Crippen molar-refractivity contribution in [2.75, 3.05) is 26.7 Å². The highest BCUT2D eigenvalue weighted by Crippen LogP contribution is 2.43. The second-order valence-corrected chi connectivity index (χ2v) is 8.10. The van der Waals surface area contributed by atoms with Crippen LogP contribution >= 0.6 is 0 Å². The molecular formula is C17H30N2O2. The third kappa shape index (κ3) is 3.42. The fourth-order valence-electron chi connectivity index (χ4n) is 3.60. The third-order valence-electron chi connectivity index (χ3n) is 5.55. The van der Waals surface area contributed by atoms with Crippen molar-refractivity contribution in [2.24, 2.45) is 11.3 Å². The molecule has 2 aliphatic carbocycles. The number of nitrogens with one attached hydrogen (secondary N) is 1. The number of carbonyl (C=O) groups is 1. The predicted molar refractivity (Wildman–Crippen MR) is 83.1 cm³/mol. The monoisotopic (exact) mass is 294 g/mol. The van der Waals surface area contributed by atoms with E-state index in [2.05, 4.69) is 24.1 Å². The van der Waals surface area contributed by atoms with Crippen LogP contribution in [0, 0.1) is 11.3 Å². The zero-order valence-corrected chi connectivity index (χ0v) is 13.8. The SMILES string of the molecule is COC(=O)C(CN1CCC(C)(C)CC1)(NC1CC1)C1CC1. The van der Waals surface area contributed by atoms with Crippen LogP contribution in [0.15, 0.2) is 0 Å². The zero-order chi connectivity index (χ0) is 15.1. The molecule has 0 radical (unpaired) electrons. The van der Waals surface area contributed by atoms with Crippen molar-refractivity contribution in [3.8, 4) is 0 Å². The fraction of sp³-hybridized carbons (Fsp3) is 0.941. The lowest BCUT2D eigenvalue weighted by atomic mass is 9.81. The zero-order valence-electron chi connectivity index (χ0n) is 13.8. The largest absolute Gasteiger partial charge is 0.468 e. The van der Waals surface area contributed by atoms with Crippen LogP contribution in [0.5, 0.6) is 0 Å². The van der Waals surface area contributed by atoms with Crippen LogP contribution in [0.3, 0.4) is 0 Å². The first-order chi connectivity index (χ1) is 9.95. The van der Waals surface area contributed by atoms with E-state index < -0.39 is 5.54 Å². The Balaban J connectivity index is 1.70. The Morgan fingerprint density at radius 2 is 1.86 bits per heavy atom. The molecule has 120 valence electrons. The Kier molecular flexibility index (Phi) is 4.04. The Morgan fingerprint density at radius 3 is 2.33 bits per heavy atom. The van der Waals surface area contributed by atoms with E-state index in [-0.39, 0.29) is 5.97 Å². The van der Waals surface area contributed by atoms with Gasteiger partial charge in [-0.15, -0.1) is 0 Å². The van der Waals surface area contributed by atoms with Gasteiger partial charge in [0.05, 0.1) is 7.11 Å². The van der Waals surface area contributed by atoms with Crippen molar-refractivity contribution in [1.82, 2.24) is 10.2 Å². The molecule has 3 fully saturated rings. The highest BCUT2D eigenvalue weighted by Gasteiger charge is 2.54. The first kappa shape index (κ1) is 15.3. The van der Waals surface area contributed by atoms with Crippen LogP contribution in [0.1, 0.15) is 52.4 Å².